The van der Waals surface area contributed by atoms with Gasteiger partial charge in [-0.25, -0.2) is 0 Å². The molecule has 2 heterocycles. The smallest absolute Gasteiger partial charge is 0.230 e. The summed E-state index contributed by atoms with van der Waals surface area (Å²) >= 11 is 1.41. The number of hydrogen-bond donors (Lipinski definition) is 1. The molecule has 0 fully saturated rings. The number of nitrogens with zero attached hydrogens (tertiary/aromatic N) is 3. The minimum Gasteiger partial charge on any atom is -0.349 e. The van der Waals surface area contributed by atoms with E-state index in [4.69, 9.17) is 0 Å². The molecule has 0 radical (unpaired) electrons. The summed E-state index contributed by atoms with van der Waals surface area (Å²) in [6, 6.07) is 18.6. The van der Waals surface area contributed by atoms with Crippen molar-refractivity contribution in [3.05, 3.63) is 71.3 Å². The van der Waals surface area contributed by atoms with Crippen molar-refractivity contribution in [2.75, 3.05) is 5.75 Å². The second-order valence-electron chi connectivity index (χ2n) is 7.19. The minimum absolute atomic E-state index is 0.0183. The zero-order valence-electron chi connectivity index (χ0n) is 16.8. The largest absolute Gasteiger partial charge is 0.349 e. The number of aryl methyl sites for hydroxylation is 2. The first-order valence-electron chi connectivity index (χ1n) is 9.81. The summed E-state index contributed by atoms with van der Waals surface area (Å²) in [6.07, 6.45) is 1.01. The predicted molar refractivity (Wildman–Crippen MR) is 118 cm³/mol. The van der Waals surface area contributed by atoms with Crippen LogP contribution in [0.4, 0.5) is 0 Å². The maximum absolute atomic E-state index is 12.5. The number of aromatic nitrogens is 3. The van der Waals surface area contributed by atoms with Crippen LogP contribution in [0.2, 0.25) is 0 Å². The maximum Gasteiger partial charge on any atom is 0.230 e. The highest BCUT2D eigenvalue weighted by Crippen LogP contribution is 2.25. The van der Waals surface area contributed by atoms with Gasteiger partial charge >= 0.3 is 0 Å². The van der Waals surface area contributed by atoms with E-state index in [-0.39, 0.29) is 11.9 Å². The lowest BCUT2D eigenvalue weighted by molar-refractivity contribution is -0.119. The first kappa shape index (κ1) is 19.5. The monoisotopic (exact) mass is 404 g/mol. The zero-order valence-corrected chi connectivity index (χ0v) is 17.7. The van der Waals surface area contributed by atoms with Crippen LogP contribution in [0.1, 0.15) is 36.6 Å². The van der Waals surface area contributed by atoms with Crippen LogP contribution >= 0.6 is 11.8 Å². The molecule has 29 heavy (non-hydrogen) atoms. The molecule has 0 aliphatic heterocycles. The number of hydrogen-bond acceptors (Lipinski definition) is 4. The molecule has 1 N–H and O–H groups in total. The molecule has 4 rings (SSSR count). The van der Waals surface area contributed by atoms with Crippen LogP contribution in [0.5, 0.6) is 0 Å². The highest BCUT2D eigenvalue weighted by molar-refractivity contribution is 7.99. The third-order valence-electron chi connectivity index (χ3n) is 5.17. The summed E-state index contributed by atoms with van der Waals surface area (Å²) in [5.41, 5.74) is 5.42. The van der Waals surface area contributed by atoms with E-state index in [0.29, 0.717) is 5.75 Å². The van der Waals surface area contributed by atoms with Gasteiger partial charge in [0.1, 0.15) is 0 Å². The lowest BCUT2D eigenvalue weighted by Crippen LogP contribution is -2.28. The van der Waals surface area contributed by atoms with Crippen molar-refractivity contribution < 1.29 is 4.79 Å². The number of para-hydroxylation sites is 1. The van der Waals surface area contributed by atoms with Gasteiger partial charge in [0.15, 0.2) is 10.8 Å². The van der Waals surface area contributed by atoms with Crippen LogP contribution in [0.15, 0.2) is 59.8 Å². The second kappa shape index (κ2) is 8.25. The molecule has 1 amide bonds. The summed E-state index contributed by atoms with van der Waals surface area (Å²) < 4.78 is 2.02. The third kappa shape index (κ3) is 3.98. The van der Waals surface area contributed by atoms with Gasteiger partial charge in [-0.15, -0.1) is 10.2 Å². The summed E-state index contributed by atoms with van der Waals surface area (Å²) in [4.78, 5) is 12.5. The van der Waals surface area contributed by atoms with E-state index in [1.54, 1.807) is 0 Å². The van der Waals surface area contributed by atoms with Crippen LogP contribution in [-0.2, 0) is 11.2 Å². The first-order chi connectivity index (χ1) is 14.1. The van der Waals surface area contributed by atoms with Crippen molar-refractivity contribution in [1.29, 1.82) is 0 Å². The molecule has 2 aromatic carbocycles. The molecule has 1 atom stereocenters. The molecular formula is C23H24N4OS. The molecule has 6 heteroatoms. The highest BCUT2D eigenvalue weighted by atomic mass is 32.2. The van der Waals surface area contributed by atoms with Crippen molar-refractivity contribution in [3.8, 4) is 0 Å². The second-order valence-corrected chi connectivity index (χ2v) is 8.14. The molecule has 0 bridgehead atoms. The lowest BCUT2D eigenvalue weighted by atomic mass is 10.1. The zero-order chi connectivity index (χ0) is 20.4. The quantitative estimate of drug-likeness (QED) is 0.472. The highest BCUT2D eigenvalue weighted by Gasteiger charge is 2.14. The Morgan fingerprint density at radius 3 is 2.66 bits per heavy atom. The van der Waals surface area contributed by atoms with E-state index in [1.165, 1.54) is 17.3 Å². The summed E-state index contributed by atoms with van der Waals surface area (Å²) in [5.74, 6) is 0.274. The normalized spacial score (nSPS) is 12.4. The van der Waals surface area contributed by atoms with E-state index >= 15 is 0 Å². The van der Waals surface area contributed by atoms with Crippen LogP contribution < -0.4 is 5.32 Å². The number of carbonyl (C=O) groups excluding carboxylic acids is 1. The van der Waals surface area contributed by atoms with Gasteiger partial charge in [-0.2, -0.15) is 0 Å². The SMILES string of the molecule is CCc1ccc(C(C)NC(=O)CSc2nnc3cc(C)c4ccccc4n23)cc1. The number of rotatable bonds is 6. The Labute approximate surface area is 174 Å². The average molecular weight is 405 g/mol. The molecule has 0 aliphatic carbocycles. The third-order valence-corrected chi connectivity index (χ3v) is 6.10. The van der Waals surface area contributed by atoms with E-state index in [1.807, 2.05) is 29.5 Å². The van der Waals surface area contributed by atoms with Gasteiger partial charge in [0, 0.05) is 5.39 Å². The molecule has 5 nitrogen and oxygen atoms in total. The Balaban J connectivity index is 1.48. The summed E-state index contributed by atoms with van der Waals surface area (Å²) in [5, 5.41) is 13.6. The number of amides is 1. The Hall–Kier alpha value is -2.86. The summed E-state index contributed by atoms with van der Waals surface area (Å²) in [7, 11) is 0. The number of pyridine rings is 1. The molecule has 2 aromatic heterocycles. The maximum atomic E-state index is 12.5. The predicted octanol–water partition coefficient (Wildman–Crippen LogP) is 4.72. The van der Waals surface area contributed by atoms with E-state index in [9.17, 15) is 4.79 Å². The van der Waals surface area contributed by atoms with Crippen LogP contribution in [-0.4, -0.2) is 26.3 Å². The number of carbonyl (C=O) groups is 1. The first-order valence-corrected chi connectivity index (χ1v) is 10.8. The molecule has 0 saturated carbocycles. The fraction of sp³-hybridized carbons (Fsp3) is 0.261. The molecule has 0 aliphatic rings. The van der Waals surface area contributed by atoms with Gasteiger partial charge in [0.2, 0.25) is 5.91 Å². The van der Waals surface area contributed by atoms with Crippen molar-refractivity contribution in [2.24, 2.45) is 0 Å². The van der Waals surface area contributed by atoms with Crippen LogP contribution in [0.25, 0.3) is 16.6 Å². The standard InChI is InChI=1S/C23H24N4OS/c1-4-17-9-11-18(12-10-17)16(3)24-22(28)14-29-23-26-25-21-13-15(2)19-7-5-6-8-20(19)27(21)23/h5-13,16H,4,14H2,1-3H3,(H,24,28). The Morgan fingerprint density at radius 1 is 1.14 bits per heavy atom. The van der Waals surface area contributed by atoms with E-state index < -0.39 is 0 Å². The number of fused-ring (bicyclic) bond motifs is 3. The summed E-state index contributed by atoms with van der Waals surface area (Å²) in [6.45, 7) is 6.22. The molecule has 4 aromatic rings. The number of benzene rings is 2. The lowest BCUT2D eigenvalue weighted by Gasteiger charge is -2.14. The fourth-order valence-corrected chi connectivity index (χ4v) is 4.27. The Kier molecular flexibility index (Phi) is 5.53. The number of thioether (sulfide) groups is 1. The Bertz CT molecular complexity index is 1170. The fourth-order valence-electron chi connectivity index (χ4n) is 3.51. The van der Waals surface area contributed by atoms with Crippen molar-refractivity contribution in [3.63, 3.8) is 0 Å². The minimum atomic E-state index is -0.0346. The molecule has 148 valence electrons. The Morgan fingerprint density at radius 2 is 1.90 bits per heavy atom. The van der Waals surface area contributed by atoms with Crippen LogP contribution in [0.3, 0.4) is 0 Å². The van der Waals surface area contributed by atoms with Gasteiger partial charge in [-0.1, -0.05) is 61.2 Å². The van der Waals surface area contributed by atoms with Crippen molar-refractivity contribution >= 4 is 34.2 Å². The van der Waals surface area contributed by atoms with Gasteiger partial charge in [-0.3, -0.25) is 9.20 Å². The van der Waals surface area contributed by atoms with Crippen molar-refractivity contribution in [1.82, 2.24) is 19.9 Å². The van der Waals surface area contributed by atoms with E-state index in [2.05, 4.69) is 65.8 Å². The van der Waals surface area contributed by atoms with E-state index in [0.717, 1.165) is 39.3 Å². The topological polar surface area (TPSA) is 59.3 Å². The average Bonchev–Trinajstić information content (AvgIpc) is 3.15. The van der Waals surface area contributed by atoms with Crippen molar-refractivity contribution in [2.45, 2.75) is 38.4 Å². The van der Waals surface area contributed by atoms with Gasteiger partial charge in [0.05, 0.1) is 17.3 Å². The van der Waals surface area contributed by atoms with Gasteiger partial charge in [-0.05, 0) is 49.1 Å². The molecule has 0 saturated heterocycles. The van der Waals surface area contributed by atoms with Crippen LogP contribution in [0, 0.1) is 6.92 Å². The molecule has 1 unspecified atom stereocenters. The number of nitrogens with one attached hydrogen (secondary N) is 1. The van der Waals surface area contributed by atoms with Gasteiger partial charge < -0.3 is 5.32 Å². The molecular weight excluding hydrogens is 380 g/mol. The molecule has 0 spiro atoms. The van der Waals surface area contributed by atoms with Gasteiger partial charge in [0.25, 0.3) is 0 Å².